The third kappa shape index (κ3) is 3.35. The van der Waals surface area contributed by atoms with Gasteiger partial charge in [0, 0.05) is 13.1 Å². The van der Waals surface area contributed by atoms with Crippen molar-refractivity contribution in [3.05, 3.63) is 22.9 Å². The van der Waals surface area contributed by atoms with Gasteiger partial charge in [-0.3, -0.25) is 5.32 Å². The highest BCUT2D eigenvalue weighted by atomic mass is 32.1. The van der Waals surface area contributed by atoms with Crippen molar-refractivity contribution in [2.45, 2.75) is 33.4 Å². The minimum Gasteiger partial charge on any atom is -0.366 e. The Labute approximate surface area is 138 Å². The summed E-state index contributed by atoms with van der Waals surface area (Å²) < 4.78 is 7.70. The number of carbonyl (C=O) groups excluding carboxylic acids is 1. The quantitative estimate of drug-likeness (QED) is 0.926. The Hall–Kier alpha value is -2.00. The fraction of sp³-hybridized carbons (Fsp3) is 0.571. The molecule has 124 valence electrons. The summed E-state index contributed by atoms with van der Waals surface area (Å²) in [6.45, 7) is 8.11. The molecule has 1 fully saturated rings. The molecule has 1 unspecified atom stereocenters. The maximum Gasteiger partial charge on any atom is 0.322 e. The number of aryl methyl sites for hydroxylation is 3. The van der Waals surface area contributed by atoms with Crippen molar-refractivity contribution < 1.29 is 9.53 Å². The Morgan fingerprint density at radius 2 is 2.35 bits per heavy atom. The average molecular weight is 336 g/mol. The van der Waals surface area contributed by atoms with E-state index in [9.17, 15) is 4.79 Å². The Morgan fingerprint density at radius 3 is 3.04 bits per heavy atom. The first-order chi connectivity index (χ1) is 11.1. The highest BCUT2D eigenvalue weighted by molar-refractivity contribution is 7.16. The van der Waals surface area contributed by atoms with Crippen molar-refractivity contribution in [3.8, 4) is 0 Å². The van der Waals surface area contributed by atoms with Crippen molar-refractivity contribution in [2.24, 2.45) is 0 Å². The van der Waals surface area contributed by atoms with Gasteiger partial charge in [-0.25, -0.2) is 9.78 Å². The zero-order valence-corrected chi connectivity index (χ0v) is 14.3. The van der Waals surface area contributed by atoms with Crippen molar-refractivity contribution in [3.63, 3.8) is 0 Å². The summed E-state index contributed by atoms with van der Waals surface area (Å²) in [5, 5.41) is 12.7. The summed E-state index contributed by atoms with van der Waals surface area (Å²) in [5.41, 5.74) is 0.844. The topological polar surface area (TPSA) is 85.2 Å². The first kappa shape index (κ1) is 15.9. The summed E-state index contributed by atoms with van der Waals surface area (Å²) in [7, 11) is 0. The molecular weight excluding hydrogens is 316 g/mol. The van der Waals surface area contributed by atoms with Crippen LogP contribution in [0.5, 0.6) is 0 Å². The number of nitrogens with zero attached hydrogens (tertiary/aromatic N) is 5. The van der Waals surface area contributed by atoms with Crippen LogP contribution in [0.3, 0.4) is 0 Å². The Bertz CT molecular complexity index is 697. The second-order valence-electron chi connectivity index (χ2n) is 5.36. The highest BCUT2D eigenvalue weighted by Gasteiger charge is 2.29. The van der Waals surface area contributed by atoms with E-state index in [1.165, 1.54) is 11.3 Å². The normalized spacial score (nSPS) is 18.2. The van der Waals surface area contributed by atoms with Crippen molar-refractivity contribution in [1.29, 1.82) is 0 Å². The number of hydrogen-bond donors (Lipinski definition) is 1. The van der Waals surface area contributed by atoms with E-state index in [2.05, 4.69) is 20.5 Å². The fourth-order valence-corrected chi connectivity index (χ4v) is 3.38. The Balaban J connectivity index is 1.68. The molecule has 3 rings (SSSR count). The molecule has 0 radical (unpaired) electrons. The van der Waals surface area contributed by atoms with Gasteiger partial charge in [-0.1, -0.05) is 0 Å². The maximum absolute atomic E-state index is 12.5. The third-order valence-corrected chi connectivity index (χ3v) is 4.74. The van der Waals surface area contributed by atoms with E-state index in [1.807, 2.05) is 25.3 Å². The van der Waals surface area contributed by atoms with Crippen LogP contribution >= 0.6 is 11.3 Å². The number of ether oxygens (including phenoxy) is 1. The fourth-order valence-electron chi connectivity index (χ4n) is 2.57. The number of hydrogen-bond acceptors (Lipinski definition) is 6. The number of amides is 2. The van der Waals surface area contributed by atoms with E-state index in [0.717, 1.165) is 28.1 Å². The van der Waals surface area contributed by atoms with Gasteiger partial charge >= 0.3 is 6.03 Å². The van der Waals surface area contributed by atoms with E-state index in [4.69, 9.17) is 4.74 Å². The molecule has 9 heteroatoms. The molecule has 1 saturated heterocycles. The first-order valence-corrected chi connectivity index (χ1v) is 8.39. The molecule has 0 aromatic carbocycles. The summed E-state index contributed by atoms with van der Waals surface area (Å²) in [6.07, 6.45) is 1.43. The standard InChI is InChI=1S/C14H20N6O2S/c1-4-19-8-15-18-12(19)11-7-20(5-6-22-11)14(21)17-13-9(2)16-10(3)23-13/h8,11H,4-7H2,1-3H3,(H,17,21). The van der Waals surface area contributed by atoms with E-state index in [-0.39, 0.29) is 12.1 Å². The lowest BCUT2D eigenvalue weighted by atomic mass is 10.2. The van der Waals surface area contributed by atoms with Crippen LogP contribution in [0.2, 0.25) is 0 Å². The van der Waals surface area contributed by atoms with Gasteiger partial charge in [0.05, 0.1) is 23.9 Å². The minimum absolute atomic E-state index is 0.132. The lowest BCUT2D eigenvalue weighted by Crippen LogP contribution is -2.44. The molecule has 1 aliphatic heterocycles. The number of aromatic nitrogens is 4. The highest BCUT2D eigenvalue weighted by Crippen LogP contribution is 2.25. The second kappa shape index (κ2) is 6.63. The molecule has 2 aromatic rings. The second-order valence-corrected chi connectivity index (χ2v) is 6.56. The molecule has 1 N–H and O–H groups in total. The van der Waals surface area contributed by atoms with Gasteiger partial charge in [0.25, 0.3) is 0 Å². The van der Waals surface area contributed by atoms with Gasteiger partial charge in [-0.2, -0.15) is 0 Å². The number of carbonyl (C=O) groups is 1. The molecule has 0 saturated carbocycles. The zero-order chi connectivity index (χ0) is 16.4. The van der Waals surface area contributed by atoms with E-state index < -0.39 is 0 Å². The summed E-state index contributed by atoms with van der Waals surface area (Å²) >= 11 is 1.48. The van der Waals surface area contributed by atoms with Crippen molar-refractivity contribution >= 4 is 22.4 Å². The molecule has 23 heavy (non-hydrogen) atoms. The lowest BCUT2D eigenvalue weighted by Gasteiger charge is -2.32. The van der Waals surface area contributed by atoms with Crippen LogP contribution in [-0.4, -0.2) is 50.4 Å². The molecule has 0 bridgehead atoms. The monoisotopic (exact) mass is 336 g/mol. The first-order valence-electron chi connectivity index (χ1n) is 7.57. The van der Waals surface area contributed by atoms with Crippen LogP contribution < -0.4 is 5.32 Å². The molecule has 1 atom stereocenters. The van der Waals surface area contributed by atoms with Gasteiger partial charge in [-0.05, 0) is 20.8 Å². The van der Waals surface area contributed by atoms with Crippen molar-refractivity contribution in [2.75, 3.05) is 25.0 Å². The lowest BCUT2D eigenvalue weighted by molar-refractivity contribution is -0.0199. The number of anilines is 1. The summed E-state index contributed by atoms with van der Waals surface area (Å²) in [4.78, 5) is 18.6. The average Bonchev–Trinajstić information content (AvgIpc) is 3.14. The Morgan fingerprint density at radius 1 is 1.52 bits per heavy atom. The van der Waals surface area contributed by atoms with Gasteiger partial charge in [-0.15, -0.1) is 21.5 Å². The SMILES string of the molecule is CCn1cnnc1C1CN(C(=O)Nc2sc(C)nc2C)CCO1. The van der Waals surface area contributed by atoms with Crippen LogP contribution in [0.25, 0.3) is 0 Å². The van der Waals surface area contributed by atoms with Crippen LogP contribution in [0.4, 0.5) is 9.80 Å². The van der Waals surface area contributed by atoms with E-state index in [1.54, 1.807) is 11.2 Å². The van der Waals surface area contributed by atoms with E-state index in [0.29, 0.717) is 19.7 Å². The number of thiazole rings is 1. The van der Waals surface area contributed by atoms with Gasteiger partial charge < -0.3 is 14.2 Å². The molecule has 8 nitrogen and oxygen atoms in total. The number of morpholine rings is 1. The van der Waals surface area contributed by atoms with Gasteiger partial charge in [0.15, 0.2) is 5.82 Å². The zero-order valence-electron chi connectivity index (χ0n) is 13.4. The minimum atomic E-state index is -0.249. The predicted octanol–water partition coefficient (Wildman–Crippen LogP) is 1.98. The van der Waals surface area contributed by atoms with Crippen LogP contribution in [0.1, 0.15) is 29.6 Å². The van der Waals surface area contributed by atoms with Crippen molar-refractivity contribution in [1.82, 2.24) is 24.6 Å². The largest absolute Gasteiger partial charge is 0.366 e. The molecule has 3 heterocycles. The maximum atomic E-state index is 12.5. The molecule has 0 aliphatic carbocycles. The molecular formula is C14H20N6O2S. The summed E-state index contributed by atoms with van der Waals surface area (Å²) in [6, 6.07) is -0.132. The smallest absolute Gasteiger partial charge is 0.322 e. The number of nitrogens with one attached hydrogen (secondary N) is 1. The number of rotatable bonds is 3. The third-order valence-electron chi connectivity index (χ3n) is 3.75. The van der Waals surface area contributed by atoms with Gasteiger partial charge in [0.1, 0.15) is 17.4 Å². The van der Waals surface area contributed by atoms with Crippen LogP contribution in [0, 0.1) is 13.8 Å². The molecule has 1 aliphatic rings. The Kier molecular flexibility index (Phi) is 4.58. The number of urea groups is 1. The van der Waals surface area contributed by atoms with Crippen LogP contribution in [0.15, 0.2) is 6.33 Å². The summed E-state index contributed by atoms with van der Waals surface area (Å²) in [5.74, 6) is 0.759. The molecule has 2 amide bonds. The van der Waals surface area contributed by atoms with Crippen LogP contribution in [-0.2, 0) is 11.3 Å². The molecule has 0 spiro atoms. The molecule has 2 aromatic heterocycles. The predicted molar refractivity (Wildman–Crippen MR) is 86.6 cm³/mol. The van der Waals surface area contributed by atoms with Gasteiger partial charge in [0.2, 0.25) is 0 Å². The van der Waals surface area contributed by atoms with E-state index >= 15 is 0 Å².